The summed E-state index contributed by atoms with van der Waals surface area (Å²) in [5.41, 5.74) is 0.207. The molecule has 15 heavy (non-hydrogen) atoms. The maximum absolute atomic E-state index is 3.21. The van der Waals surface area contributed by atoms with E-state index in [1.807, 2.05) is 0 Å². The quantitative estimate of drug-likeness (QED) is 0.658. The maximum atomic E-state index is 3.21. The largest absolute Gasteiger partial charge is 0.293 e. The molecule has 0 saturated carbocycles. The molecule has 0 aromatic rings. The summed E-state index contributed by atoms with van der Waals surface area (Å²) in [6, 6.07) is 0.569. The summed E-state index contributed by atoms with van der Waals surface area (Å²) in [5, 5.41) is 0. The van der Waals surface area contributed by atoms with E-state index < -0.39 is 0 Å². The van der Waals surface area contributed by atoms with E-state index in [2.05, 4.69) is 70.4 Å². The van der Waals surface area contributed by atoms with E-state index >= 15 is 0 Å². The van der Waals surface area contributed by atoms with Crippen molar-refractivity contribution in [2.45, 2.75) is 46.2 Å². The van der Waals surface area contributed by atoms with Crippen molar-refractivity contribution < 1.29 is 0 Å². The summed E-state index contributed by atoms with van der Waals surface area (Å²) in [5.74, 6) is 6.42. The van der Waals surface area contributed by atoms with Crippen molar-refractivity contribution in [3.8, 4) is 11.8 Å². The lowest BCUT2D eigenvalue weighted by Gasteiger charge is -2.29. The lowest BCUT2D eigenvalue weighted by Crippen LogP contribution is -2.38. The van der Waals surface area contributed by atoms with E-state index in [4.69, 9.17) is 0 Å². The molecule has 0 bridgehead atoms. The molecule has 0 heterocycles. The predicted molar refractivity (Wildman–Crippen MR) is 67.9 cm³/mol. The van der Waals surface area contributed by atoms with E-state index in [1.54, 1.807) is 0 Å². The van der Waals surface area contributed by atoms with E-state index in [0.717, 1.165) is 13.1 Å². The Bertz CT molecular complexity index is 227. The van der Waals surface area contributed by atoms with Crippen LogP contribution in [0.3, 0.4) is 0 Å². The first-order valence-corrected chi connectivity index (χ1v) is 5.62. The van der Waals surface area contributed by atoms with Gasteiger partial charge in [-0.05, 0) is 48.7 Å². The highest BCUT2D eigenvalue weighted by Gasteiger charge is 2.14. The first-order valence-electron chi connectivity index (χ1n) is 5.62. The fourth-order valence-electron chi connectivity index (χ4n) is 0.775. The molecule has 0 unspecified atom stereocenters. The SMILES string of the molecule is CC(C)N(C)CC#CCN(C)C(C)(C)C. The van der Waals surface area contributed by atoms with Crippen LogP contribution in [-0.2, 0) is 0 Å². The monoisotopic (exact) mass is 210 g/mol. The fourth-order valence-corrected chi connectivity index (χ4v) is 0.775. The first kappa shape index (κ1) is 14.5. The molecule has 0 spiro atoms. The number of hydrogen-bond acceptors (Lipinski definition) is 2. The normalized spacial score (nSPS) is 12.1. The highest BCUT2D eigenvalue weighted by Crippen LogP contribution is 2.08. The molecule has 2 heteroatoms. The van der Waals surface area contributed by atoms with Crippen molar-refractivity contribution in [1.82, 2.24) is 9.80 Å². The van der Waals surface area contributed by atoms with Gasteiger partial charge in [0.25, 0.3) is 0 Å². The van der Waals surface area contributed by atoms with Gasteiger partial charge in [-0.2, -0.15) is 0 Å². The first-order chi connectivity index (χ1) is 6.75. The van der Waals surface area contributed by atoms with Gasteiger partial charge in [0.15, 0.2) is 0 Å². The highest BCUT2D eigenvalue weighted by molar-refractivity contribution is 5.04. The van der Waals surface area contributed by atoms with E-state index in [1.165, 1.54) is 0 Å². The van der Waals surface area contributed by atoms with Crippen LogP contribution in [0, 0.1) is 11.8 Å². The molecule has 0 aromatic heterocycles. The van der Waals surface area contributed by atoms with Gasteiger partial charge in [-0.3, -0.25) is 9.80 Å². The van der Waals surface area contributed by atoms with Crippen LogP contribution < -0.4 is 0 Å². The molecule has 0 aliphatic rings. The molecule has 0 fully saturated rings. The Morgan fingerprint density at radius 3 is 1.87 bits per heavy atom. The van der Waals surface area contributed by atoms with Crippen LogP contribution in [0.2, 0.25) is 0 Å². The molecule has 0 aromatic carbocycles. The van der Waals surface area contributed by atoms with Crippen LogP contribution in [0.1, 0.15) is 34.6 Å². The molecule has 0 amide bonds. The van der Waals surface area contributed by atoms with E-state index in [0.29, 0.717) is 6.04 Å². The molecule has 0 saturated heterocycles. The third-order valence-electron chi connectivity index (χ3n) is 2.80. The van der Waals surface area contributed by atoms with Crippen molar-refractivity contribution in [3.05, 3.63) is 0 Å². The minimum atomic E-state index is 0.207. The lowest BCUT2D eigenvalue weighted by atomic mass is 10.1. The Morgan fingerprint density at radius 2 is 1.47 bits per heavy atom. The van der Waals surface area contributed by atoms with Crippen LogP contribution in [0.15, 0.2) is 0 Å². The molecule has 0 N–H and O–H groups in total. The van der Waals surface area contributed by atoms with E-state index in [9.17, 15) is 0 Å². The average molecular weight is 210 g/mol. The van der Waals surface area contributed by atoms with Gasteiger partial charge < -0.3 is 0 Å². The molecule has 0 aliphatic heterocycles. The van der Waals surface area contributed by atoms with Crippen LogP contribution in [0.5, 0.6) is 0 Å². The Balaban J connectivity index is 3.91. The molecule has 0 aliphatic carbocycles. The third kappa shape index (κ3) is 6.54. The zero-order valence-electron chi connectivity index (χ0n) is 11.4. The van der Waals surface area contributed by atoms with Gasteiger partial charge in [0, 0.05) is 11.6 Å². The van der Waals surface area contributed by atoms with Crippen LogP contribution >= 0.6 is 0 Å². The molecule has 2 nitrogen and oxygen atoms in total. The molecular formula is C13H26N2. The smallest absolute Gasteiger partial charge is 0.0603 e. The Morgan fingerprint density at radius 1 is 1.00 bits per heavy atom. The molecular weight excluding hydrogens is 184 g/mol. The lowest BCUT2D eigenvalue weighted by molar-refractivity contribution is 0.198. The van der Waals surface area contributed by atoms with Crippen molar-refractivity contribution >= 4 is 0 Å². The highest BCUT2D eigenvalue weighted by atomic mass is 15.1. The van der Waals surface area contributed by atoms with Gasteiger partial charge in [0.1, 0.15) is 0 Å². The standard InChI is InChI=1S/C13H26N2/c1-12(2)14(6)10-8-9-11-15(7)13(3,4)5/h12H,10-11H2,1-7H3. The average Bonchev–Trinajstić information content (AvgIpc) is 2.09. The summed E-state index contributed by atoms with van der Waals surface area (Å²) < 4.78 is 0. The van der Waals surface area contributed by atoms with Crippen LogP contribution in [0.25, 0.3) is 0 Å². The summed E-state index contributed by atoms with van der Waals surface area (Å²) in [4.78, 5) is 4.50. The summed E-state index contributed by atoms with van der Waals surface area (Å²) >= 11 is 0. The minimum absolute atomic E-state index is 0.207. The Kier molecular flexibility index (Phi) is 5.93. The fraction of sp³-hybridized carbons (Fsp3) is 0.846. The molecule has 0 atom stereocenters. The summed E-state index contributed by atoms with van der Waals surface area (Å²) in [7, 11) is 4.22. The second kappa shape index (κ2) is 6.15. The number of hydrogen-bond donors (Lipinski definition) is 0. The zero-order chi connectivity index (χ0) is 12.1. The van der Waals surface area contributed by atoms with Gasteiger partial charge in [0.2, 0.25) is 0 Å². The third-order valence-corrected chi connectivity index (χ3v) is 2.80. The zero-order valence-corrected chi connectivity index (χ0v) is 11.4. The molecule has 0 rings (SSSR count). The second-order valence-corrected chi connectivity index (χ2v) is 5.39. The van der Waals surface area contributed by atoms with Crippen LogP contribution in [0.4, 0.5) is 0 Å². The van der Waals surface area contributed by atoms with Gasteiger partial charge in [-0.25, -0.2) is 0 Å². The Labute approximate surface area is 95.6 Å². The van der Waals surface area contributed by atoms with Crippen molar-refractivity contribution in [2.24, 2.45) is 0 Å². The van der Waals surface area contributed by atoms with Crippen LogP contribution in [-0.4, -0.2) is 48.6 Å². The minimum Gasteiger partial charge on any atom is -0.293 e. The summed E-state index contributed by atoms with van der Waals surface area (Å²) in [6.07, 6.45) is 0. The topological polar surface area (TPSA) is 6.48 Å². The van der Waals surface area contributed by atoms with Gasteiger partial charge in [0.05, 0.1) is 13.1 Å². The van der Waals surface area contributed by atoms with Crippen molar-refractivity contribution in [3.63, 3.8) is 0 Å². The van der Waals surface area contributed by atoms with Crippen molar-refractivity contribution in [2.75, 3.05) is 27.2 Å². The van der Waals surface area contributed by atoms with Gasteiger partial charge in [-0.1, -0.05) is 11.8 Å². The van der Waals surface area contributed by atoms with E-state index in [-0.39, 0.29) is 5.54 Å². The summed E-state index contributed by atoms with van der Waals surface area (Å²) in [6.45, 7) is 12.7. The molecule has 0 radical (unpaired) electrons. The maximum Gasteiger partial charge on any atom is 0.0603 e. The second-order valence-electron chi connectivity index (χ2n) is 5.39. The van der Waals surface area contributed by atoms with Gasteiger partial charge in [-0.15, -0.1) is 0 Å². The Hall–Kier alpha value is -0.520. The molecule has 88 valence electrons. The number of nitrogens with zero attached hydrogens (tertiary/aromatic N) is 2. The van der Waals surface area contributed by atoms with Gasteiger partial charge >= 0.3 is 0 Å². The number of rotatable bonds is 3. The van der Waals surface area contributed by atoms with Crippen molar-refractivity contribution in [1.29, 1.82) is 0 Å². The predicted octanol–water partition coefficient (Wildman–Crippen LogP) is 2.06.